The zero-order valence-electron chi connectivity index (χ0n) is 14.1. The Hall–Kier alpha value is -1.31. The quantitative estimate of drug-likeness (QED) is 0.463. The van der Waals surface area contributed by atoms with Crippen LogP contribution in [0.15, 0.2) is 18.3 Å². The Labute approximate surface area is 130 Å². The first kappa shape index (κ1) is 17.7. The van der Waals surface area contributed by atoms with Crippen molar-refractivity contribution in [3.8, 4) is 17.7 Å². The highest BCUT2D eigenvalue weighted by Gasteiger charge is 2.36. The fraction of sp³-hybridized carbons (Fsp3) is 0.588. The van der Waals surface area contributed by atoms with Crippen LogP contribution in [0.25, 0.3) is 0 Å². The molecule has 0 radical (unpaired) electrons. The van der Waals surface area contributed by atoms with Crippen molar-refractivity contribution < 1.29 is 9.16 Å². The second kappa shape index (κ2) is 7.63. The first-order chi connectivity index (χ1) is 9.78. The summed E-state index contributed by atoms with van der Waals surface area (Å²) < 4.78 is 11.8. The maximum Gasteiger partial charge on any atom is 0.229 e. The van der Waals surface area contributed by atoms with Gasteiger partial charge in [0.15, 0.2) is 8.32 Å². The lowest BCUT2D eigenvalue weighted by Gasteiger charge is -2.36. The highest BCUT2D eigenvalue weighted by atomic mass is 28.4. The van der Waals surface area contributed by atoms with E-state index in [1.165, 1.54) is 0 Å². The lowest BCUT2D eigenvalue weighted by molar-refractivity contribution is 0.198. The summed E-state index contributed by atoms with van der Waals surface area (Å²) in [5.74, 6) is 6.71. The van der Waals surface area contributed by atoms with Crippen molar-refractivity contribution >= 4 is 8.32 Å². The van der Waals surface area contributed by atoms with E-state index in [2.05, 4.69) is 50.7 Å². The molecule has 0 amide bonds. The molecule has 1 aromatic rings. The largest absolute Gasteiger partial charge is 0.474 e. The monoisotopic (exact) mass is 305 g/mol. The summed E-state index contributed by atoms with van der Waals surface area (Å²) in [5, 5.41) is 0.218. The summed E-state index contributed by atoms with van der Waals surface area (Å²) in [5.41, 5.74) is 0.840. The molecule has 0 saturated carbocycles. The Morgan fingerprint density at radius 1 is 1.24 bits per heavy atom. The molecular weight excluding hydrogens is 278 g/mol. The predicted molar refractivity (Wildman–Crippen MR) is 90.1 cm³/mol. The van der Waals surface area contributed by atoms with Crippen LogP contribution in [0.4, 0.5) is 0 Å². The standard InChI is InChI=1S/C17H27NO2Si/c1-7-8-10-15-11-9-12-18-16(15)19-13-14-20-21(5,6)17(2,3)4/h9,11-12H,7,13-14H2,1-6H3. The van der Waals surface area contributed by atoms with Crippen LogP contribution >= 0.6 is 0 Å². The summed E-state index contributed by atoms with van der Waals surface area (Å²) in [6.07, 6.45) is 2.55. The summed E-state index contributed by atoms with van der Waals surface area (Å²) in [4.78, 5) is 4.25. The zero-order valence-corrected chi connectivity index (χ0v) is 15.1. The molecule has 116 valence electrons. The first-order valence-corrected chi connectivity index (χ1v) is 10.4. The van der Waals surface area contributed by atoms with Gasteiger partial charge in [0, 0.05) is 12.6 Å². The van der Waals surface area contributed by atoms with E-state index < -0.39 is 8.32 Å². The Bertz CT molecular complexity index is 510. The van der Waals surface area contributed by atoms with Gasteiger partial charge in [-0.05, 0) is 30.3 Å². The van der Waals surface area contributed by atoms with E-state index >= 15 is 0 Å². The summed E-state index contributed by atoms with van der Waals surface area (Å²) in [7, 11) is -1.71. The topological polar surface area (TPSA) is 31.4 Å². The van der Waals surface area contributed by atoms with Gasteiger partial charge in [-0.15, -0.1) is 0 Å². The van der Waals surface area contributed by atoms with Gasteiger partial charge in [0.1, 0.15) is 6.61 Å². The van der Waals surface area contributed by atoms with Gasteiger partial charge in [0.05, 0.1) is 12.2 Å². The third-order valence-corrected chi connectivity index (χ3v) is 8.30. The molecule has 0 unspecified atom stereocenters. The lowest BCUT2D eigenvalue weighted by Crippen LogP contribution is -2.41. The van der Waals surface area contributed by atoms with E-state index in [1.54, 1.807) is 6.20 Å². The van der Waals surface area contributed by atoms with Crippen molar-refractivity contribution in [2.24, 2.45) is 0 Å². The average molecular weight is 305 g/mol. The number of hydrogen-bond acceptors (Lipinski definition) is 3. The van der Waals surface area contributed by atoms with Gasteiger partial charge in [-0.1, -0.05) is 39.5 Å². The van der Waals surface area contributed by atoms with Crippen LogP contribution in [0.1, 0.15) is 39.7 Å². The Morgan fingerprint density at radius 3 is 2.57 bits per heavy atom. The smallest absolute Gasteiger partial charge is 0.229 e. The van der Waals surface area contributed by atoms with E-state index in [0.29, 0.717) is 19.1 Å². The Balaban J connectivity index is 2.54. The van der Waals surface area contributed by atoms with Crippen molar-refractivity contribution in [3.63, 3.8) is 0 Å². The predicted octanol–water partition coefficient (Wildman–Crippen LogP) is 4.24. The molecule has 0 bridgehead atoms. The number of pyridine rings is 1. The van der Waals surface area contributed by atoms with Crippen LogP contribution in [0, 0.1) is 11.8 Å². The molecule has 0 N–H and O–H groups in total. The van der Waals surface area contributed by atoms with Crippen LogP contribution in [0.5, 0.6) is 5.88 Å². The third kappa shape index (κ3) is 5.53. The molecule has 0 fully saturated rings. The summed E-state index contributed by atoms with van der Waals surface area (Å²) in [6, 6.07) is 3.80. The molecule has 0 aliphatic carbocycles. The molecule has 0 aliphatic heterocycles. The van der Waals surface area contributed by atoms with Gasteiger partial charge in [0.25, 0.3) is 0 Å². The Morgan fingerprint density at radius 2 is 1.95 bits per heavy atom. The van der Waals surface area contributed by atoms with Gasteiger partial charge in [-0.25, -0.2) is 4.98 Å². The van der Waals surface area contributed by atoms with Crippen molar-refractivity contribution in [3.05, 3.63) is 23.9 Å². The zero-order chi connectivity index (χ0) is 15.9. The third-order valence-electron chi connectivity index (χ3n) is 3.76. The minimum Gasteiger partial charge on any atom is -0.474 e. The number of aromatic nitrogens is 1. The molecule has 1 rings (SSSR count). The summed E-state index contributed by atoms with van der Waals surface area (Å²) in [6.45, 7) is 14.3. The lowest BCUT2D eigenvalue weighted by atomic mass is 10.2. The molecule has 0 aliphatic rings. The highest BCUT2D eigenvalue weighted by molar-refractivity contribution is 6.74. The molecule has 1 heterocycles. The van der Waals surface area contributed by atoms with E-state index in [0.717, 1.165) is 12.0 Å². The molecule has 3 nitrogen and oxygen atoms in total. The molecule has 0 saturated heterocycles. The number of hydrogen-bond donors (Lipinski definition) is 0. The van der Waals surface area contributed by atoms with E-state index in [4.69, 9.17) is 9.16 Å². The van der Waals surface area contributed by atoms with E-state index in [-0.39, 0.29) is 5.04 Å². The number of nitrogens with zero attached hydrogens (tertiary/aromatic N) is 1. The van der Waals surface area contributed by atoms with Gasteiger partial charge in [0.2, 0.25) is 5.88 Å². The molecule has 1 aromatic heterocycles. The first-order valence-electron chi connectivity index (χ1n) is 7.48. The average Bonchev–Trinajstić information content (AvgIpc) is 2.41. The SMILES string of the molecule is CCC#Cc1cccnc1OCCO[Si](C)(C)C(C)(C)C. The second-order valence-corrected chi connectivity index (χ2v) is 11.3. The minimum absolute atomic E-state index is 0.218. The Kier molecular flexibility index (Phi) is 6.44. The molecule has 0 spiro atoms. The molecule has 21 heavy (non-hydrogen) atoms. The van der Waals surface area contributed by atoms with Gasteiger partial charge >= 0.3 is 0 Å². The molecule has 0 atom stereocenters. The van der Waals surface area contributed by atoms with Crippen LogP contribution in [-0.2, 0) is 4.43 Å². The normalized spacial score (nSPS) is 11.7. The van der Waals surface area contributed by atoms with Gasteiger partial charge in [-0.2, -0.15) is 0 Å². The maximum atomic E-state index is 6.09. The van der Waals surface area contributed by atoms with Crippen molar-refractivity contribution in [2.45, 2.75) is 52.2 Å². The van der Waals surface area contributed by atoms with Gasteiger partial charge in [-0.3, -0.25) is 0 Å². The van der Waals surface area contributed by atoms with Crippen LogP contribution in [0.3, 0.4) is 0 Å². The molecular formula is C17H27NO2Si. The number of ether oxygens (including phenoxy) is 1. The van der Waals surface area contributed by atoms with E-state index in [9.17, 15) is 0 Å². The van der Waals surface area contributed by atoms with Crippen molar-refractivity contribution in [1.82, 2.24) is 4.98 Å². The van der Waals surface area contributed by atoms with Gasteiger partial charge < -0.3 is 9.16 Å². The minimum atomic E-state index is -1.71. The number of rotatable bonds is 5. The fourth-order valence-corrected chi connectivity index (χ4v) is 2.46. The second-order valence-electron chi connectivity index (χ2n) is 6.47. The van der Waals surface area contributed by atoms with Crippen LogP contribution in [-0.4, -0.2) is 26.5 Å². The van der Waals surface area contributed by atoms with Crippen molar-refractivity contribution in [2.75, 3.05) is 13.2 Å². The van der Waals surface area contributed by atoms with Crippen LogP contribution in [0.2, 0.25) is 18.1 Å². The molecule has 0 aromatic carbocycles. The fourth-order valence-electron chi connectivity index (χ4n) is 1.44. The van der Waals surface area contributed by atoms with Crippen molar-refractivity contribution in [1.29, 1.82) is 0 Å². The van der Waals surface area contributed by atoms with Crippen LogP contribution < -0.4 is 4.74 Å². The van der Waals surface area contributed by atoms with E-state index in [1.807, 2.05) is 19.1 Å². The molecule has 4 heteroatoms. The maximum absolute atomic E-state index is 6.09. The summed E-state index contributed by atoms with van der Waals surface area (Å²) >= 11 is 0. The highest BCUT2D eigenvalue weighted by Crippen LogP contribution is 2.36.